The van der Waals surface area contributed by atoms with E-state index in [1.165, 1.54) is 0 Å². The number of hydrogen-bond donors (Lipinski definition) is 3. The van der Waals surface area contributed by atoms with Crippen LogP contribution in [-0.2, 0) is 9.59 Å². The summed E-state index contributed by atoms with van der Waals surface area (Å²) < 4.78 is 0. The molecule has 1 unspecified atom stereocenters. The summed E-state index contributed by atoms with van der Waals surface area (Å²) in [6, 6.07) is 7.98. The highest BCUT2D eigenvalue weighted by Crippen LogP contribution is 2.12. The van der Waals surface area contributed by atoms with Gasteiger partial charge in [-0.25, -0.2) is 4.79 Å². The molecule has 3 N–H and O–H groups in total. The maximum Gasteiger partial charge on any atom is 0.330 e. The highest BCUT2D eigenvalue weighted by molar-refractivity contribution is 5.84. The summed E-state index contributed by atoms with van der Waals surface area (Å²) in [5.41, 5.74) is 0.570. The number of aliphatic carboxylic acids is 1. The van der Waals surface area contributed by atoms with E-state index in [1.54, 1.807) is 30.3 Å². The van der Waals surface area contributed by atoms with E-state index in [1.807, 2.05) is 13.8 Å². The van der Waals surface area contributed by atoms with Crippen molar-refractivity contribution in [1.29, 1.82) is 0 Å². The number of rotatable bonds is 7. The van der Waals surface area contributed by atoms with E-state index < -0.39 is 12.0 Å². The van der Waals surface area contributed by atoms with Gasteiger partial charge in [-0.1, -0.05) is 44.2 Å². The third-order valence-electron chi connectivity index (χ3n) is 2.59. The first kappa shape index (κ1) is 15.2. The Morgan fingerprint density at radius 3 is 2.37 bits per heavy atom. The molecule has 0 saturated carbocycles. The number of carboxylic acids is 1. The second-order valence-corrected chi connectivity index (χ2v) is 4.61. The van der Waals surface area contributed by atoms with Gasteiger partial charge in [0.2, 0.25) is 5.91 Å². The lowest BCUT2D eigenvalue weighted by Crippen LogP contribution is -2.36. The number of hydrogen-bond acceptors (Lipinski definition) is 3. The smallest absolute Gasteiger partial charge is 0.330 e. The van der Waals surface area contributed by atoms with Crippen molar-refractivity contribution in [2.24, 2.45) is 0 Å². The lowest BCUT2D eigenvalue weighted by Gasteiger charge is -2.15. The molecule has 0 aromatic heterocycles. The molecule has 0 bridgehead atoms. The Kier molecular flexibility index (Phi) is 6.02. The average Bonchev–Trinajstić information content (AvgIpc) is 2.36. The van der Waals surface area contributed by atoms with Crippen LogP contribution in [0.1, 0.15) is 31.9 Å². The molecule has 0 spiro atoms. The molecule has 0 fully saturated rings. The van der Waals surface area contributed by atoms with Crippen LogP contribution in [-0.4, -0.2) is 29.6 Å². The molecule has 1 aromatic rings. The standard InChI is InChI=1S/C14H20N2O3/c1-10(2)15-9-8-12(17)16-13(14(18)19)11-6-4-3-5-7-11/h3-7,10,13,15H,8-9H2,1-2H3,(H,16,17)(H,18,19). The summed E-state index contributed by atoms with van der Waals surface area (Å²) in [6.45, 7) is 4.51. The van der Waals surface area contributed by atoms with Crippen molar-refractivity contribution in [3.8, 4) is 0 Å². The van der Waals surface area contributed by atoms with Crippen molar-refractivity contribution in [3.05, 3.63) is 35.9 Å². The fourth-order valence-electron chi connectivity index (χ4n) is 1.64. The normalized spacial score (nSPS) is 12.2. The molecule has 104 valence electrons. The monoisotopic (exact) mass is 264 g/mol. The summed E-state index contributed by atoms with van der Waals surface area (Å²) in [5.74, 6) is -1.33. The lowest BCUT2D eigenvalue weighted by atomic mass is 10.1. The molecule has 1 amide bonds. The molecule has 0 aliphatic heterocycles. The van der Waals surface area contributed by atoms with Gasteiger partial charge < -0.3 is 15.7 Å². The topological polar surface area (TPSA) is 78.4 Å². The van der Waals surface area contributed by atoms with Gasteiger partial charge in [0.15, 0.2) is 6.04 Å². The molecule has 0 aliphatic carbocycles. The Bertz CT molecular complexity index is 418. The van der Waals surface area contributed by atoms with Crippen LogP contribution < -0.4 is 10.6 Å². The summed E-state index contributed by atoms with van der Waals surface area (Å²) in [6.07, 6.45) is 0.259. The van der Waals surface area contributed by atoms with Crippen molar-refractivity contribution in [2.45, 2.75) is 32.4 Å². The SMILES string of the molecule is CC(C)NCCC(=O)NC(C(=O)O)c1ccccc1. The number of nitrogens with one attached hydrogen (secondary N) is 2. The fraction of sp³-hybridized carbons (Fsp3) is 0.429. The second kappa shape index (κ2) is 7.53. The van der Waals surface area contributed by atoms with Gasteiger partial charge in [-0.3, -0.25) is 4.79 Å². The number of amides is 1. The van der Waals surface area contributed by atoms with Crippen LogP contribution in [0.5, 0.6) is 0 Å². The largest absolute Gasteiger partial charge is 0.479 e. The zero-order chi connectivity index (χ0) is 14.3. The summed E-state index contributed by atoms with van der Waals surface area (Å²) in [7, 11) is 0. The van der Waals surface area contributed by atoms with E-state index in [0.29, 0.717) is 18.2 Å². The number of benzene rings is 1. The molecule has 1 aromatic carbocycles. The Hall–Kier alpha value is -1.88. The fourth-order valence-corrected chi connectivity index (χ4v) is 1.64. The number of carbonyl (C=O) groups excluding carboxylic acids is 1. The Balaban J connectivity index is 2.55. The van der Waals surface area contributed by atoms with Crippen LogP contribution in [0.3, 0.4) is 0 Å². The number of carboxylic acid groups (broad SMARTS) is 1. The van der Waals surface area contributed by atoms with Crippen molar-refractivity contribution in [1.82, 2.24) is 10.6 Å². The van der Waals surface area contributed by atoms with Crippen LogP contribution in [0, 0.1) is 0 Å². The predicted molar refractivity (Wildman–Crippen MR) is 72.7 cm³/mol. The van der Waals surface area contributed by atoms with Crippen molar-refractivity contribution >= 4 is 11.9 Å². The van der Waals surface area contributed by atoms with Crippen LogP contribution in [0.15, 0.2) is 30.3 Å². The first-order valence-corrected chi connectivity index (χ1v) is 6.31. The highest BCUT2D eigenvalue weighted by Gasteiger charge is 2.21. The molecule has 0 radical (unpaired) electrons. The Morgan fingerprint density at radius 1 is 1.21 bits per heavy atom. The van der Waals surface area contributed by atoms with Crippen molar-refractivity contribution < 1.29 is 14.7 Å². The van der Waals surface area contributed by atoms with Crippen LogP contribution in [0.25, 0.3) is 0 Å². The van der Waals surface area contributed by atoms with Gasteiger partial charge in [0.1, 0.15) is 0 Å². The lowest BCUT2D eigenvalue weighted by molar-refractivity contribution is -0.142. The molecular formula is C14H20N2O3. The molecule has 0 saturated heterocycles. The van der Waals surface area contributed by atoms with E-state index in [-0.39, 0.29) is 12.3 Å². The van der Waals surface area contributed by atoms with Gasteiger partial charge in [-0.05, 0) is 5.56 Å². The Labute approximate surface area is 113 Å². The van der Waals surface area contributed by atoms with Crippen LogP contribution in [0.2, 0.25) is 0 Å². The van der Waals surface area contributed by atoms with E-state index in [9.17, 15) is 9.59 Å². The quantitative estimate of drug-likeness (QED) is 0.694. The minimum absolute atomic E-state index is 0.259. The molecule has 5 heteroatoms. The zero-order valence-corrected chi connectivity index (χ0v) is 11.2. The van der Waals surface area contributed by atoms with Gasteiger partial charge in [0, 0.05) is 19.0 Å². The molecule has 1 atom stereocenters. The van der Waals surface area contributed by atoms with Gasteiger partial charge in [-0.2, -0.15) is 0 Å². The van der Waals surface area contributed by atoms with Gasteiger partial charge in [0.05, 0.1) is 0 Å². The maximum absolute atomic E-state index is 11.7. The summed E-state index contributed by atoms with van der Waals surface area (Å²) in [5, 5.41) is 14.8. The molecule has 0 heterocycles. The predicted octanol–water partition coefficient (Wildman–Crippen LogP) is 1.32. The van der Waals surface area contributed by atoms with Gasteiger partial charge >= 0.3 is 5.97 Å². The first-order valence-electron chi connectivity index (χ1n) is 6.31. The Morgan fingerprint density at radius 2 is 1.84 bits per heavy atom. The van der Waals surface area contributed by atoms with Crippen molar-refractivity contribution in [2.75, 3.05) is 6.54 Å². The molecule has 19 heavy (non-hydrogen) atoms. The third kappa shape index (κ3) is 5.52. The highest BCUT2D eigenvalue weighted by atomic mass is 16.4. The molecule has 5 nitrogen and oxygen atoms in total. The van der Waals surface area contributed by atoms with Gasteiger partial charge in [0.25, 0.3) is 0 Å². The summed E-state index contributed by atoms with van der Waals surface area (Å²) >= 11 is 0. The maximum atomic E-state index is 11.7. The molecule has 1 rings (SSSR count). The van der Waals surface area contributed by atoms with Crippen LogP contribution in [0.4, 0.5) is 0 Å². The molecular weight excluding hydrogens is 244 g/mol. The third-order valence-corrected chi connectivity index (χ3v) is 2.59. The summed E-state index contributed by atoms with van der Waals surface area (Å²) in [4.78, 5) is 22.9. The van der Waals surface area contributed by atoms with E-state index in [0.717, 1.165) is 0 Å². The van der Waals surface area contributed by atoms with Gasteiger partial charge in [-0.15, -0.1) is 0 Å². The van der Waals surface area contributed by atoms with Crippen molar-refractivity contribution in [3.63, 3.8) is 0 Å². The van der Waals surface area contributed by atoms with E-state index in [2.05, 4.69) is 10.6 Å². The van der Waals surface area contributed by atoms with E-state index >= 15 is 0 Å². The zero-order valence-electron chi connectivity index (χ0n) is 11.2. The minimum Gasteiger partial charge on any atom is -0.479 e. The molecule has 0 aliphatic rings. The van der Waals surface area contributed by atoms with Crippen LogP contribution >= 0.6 is 0 Å². The number of carbonyl (C=O) groups is 2. The average molecular weight is 264 g/mol. The second-order valence-electron chi connectivity index (χ2n) is 4.61. The minimum atomic E-state index is -1.06. The van der Waals surface area contributed by atoms with E-state index in [4.69, 9.17) is 5.11 Å². The first-order chi connectivity index (χ1) is 9.00.